The molecule has 0 radical (unpaired) electrons. The average Bonchev–Trinajstić information content (AvgIpc) is 2.23. The molecule has 1 aliphatic heterocycles. The molecule has 1 aromatic carbocycles. The first kappa shape index (κ1) is 5.66. The smallest absolute Gasteiger partial charge is 0.135 e. The average molecular weight is 193 g/mol. The normalized spacial score (nSPS) is 29.9. The zero-order valence-corrected chi connectivity index (χ0v) is 7.86. The highest BCUT2D eigenvalue weighted by Gasteiger charge is 2.15. The Morgan fingerprint density at radius 3 is 2.50 bits per heavy atom. The minimum Gasteiger partial charge on any atom is -0.300 e. The molecule has 0 spiro atoms. The maximum absolute atomic E-state index is 11.4. The molecular formula is C12H15NO. The third-order valence-corrected chi connectivity index (χ3v) is 2.12. The van der Waals surface area contributed by atoms with Crippen molar-refractivity contribution < 1.29 is 10.3 Å². The van der Waals surface area contributed by atoms with Gasteiger partial charge in [-0.05, 0) is 5.56 Å². The molecule has 14 heavy (non-hydrogen) atoms. The number of likely N-dealkylation sites (tertiary alicyclic amines) is 1. The van der Waals surface area contributed by atoms with Gasteiger partial charge in [-0.2, -0.15) is 0 Å². The number of hydrogen-bond acceptors (Lipinski definition) is 2. The fourth-order valence-corrected chi connectivity index (χ4v) is 1.36. The van der Waals surface area contributed by atoms with E-state index in [9.17, 15) is 4.79 Å². The summed E-state index contributed by atoms with van der Waals surface area (Å²) in [7, 11) is 0. The number of rotatable bonds is 2. The van der Waals surface area contributed by atoms with Gasteiger partial charge in [-0.3, -0.25) is 9.69 Å². The molecule has 0 N–H and O–H groups in total. The Bertz CT molecular complexity index is 427. The number of carbonyl (C=O) groups is 1. The zero-order chi connectivity index (χ0) is 13.4. The van der Waals surface area contributed by atoms with Gasteiger partial charge in [0.1, 0.15) is 5.78 Å². The topological polar surface area (TPSA) is 20.3 Å². The summed E-state index contributed by atoms with van der Waals surface area (Å²) in [5, 5.41) is 0. The number of piperidine rings is 1. The maximum Gasteiger partial charge on any atom is 0.135 e. The van der Waals surface area contributed by atoms with Crippen molar-refractivity contribution in [3.05, 3.63) is 35.9 Å². The molecule has 0 atom stereocenters. The molecule has 1 heterocycles. The van der Waals surface area contributed by atoms with E-state index >= 15 is 0 Å². The van der Waals surface area contributed by atoms with Gasteiger partial charge in [0.05, 0.1) is 0 Å². The molecule has 0 bridgehead atoms. The van der Waals surface area contributed by atoms with Gasteiger partial charge in [0, 0.05) is 37.9 Å². The van der Waals surface area contributed by atoms with Crippen LogP contribution in [0.4, 0.5) is 0 Å². The highest BCUT2D eigenvalue weighted by atomic mass is 16.1. The van der Waals surface area contributed by atoms with Gasteiger partial charge in [-0.1, -0.05) is 30.3 Å². The second-order valence-electron chi connectivity index (χ2n) is 3.28. The molecule has 2 nitrogen and oxygen atoms in total. The maximum atomic E-state index is 11.4. The third kappa shape index (κ3) is 2.42. The lowest BCUT2D eigenvalue weighted by Gasteiger charge is -2.25. The van der Waals surface area contributed by atoms with E-state index in [2.05, 4.69) is 0 Å². The molecule has 74 valence electrons. The molecule has 2 rings (SSSR count). The molecule has 2 heteroatoms. The fourth-order valence-electron chi connectivity index (χ4n) is 1.36. The predicted molar refractivity (Wildman–Crippen MR) is 56.0 cm³/mol. The third-order valence-electron chi connectivity index (χ3n) is 2.12. The Morgan fingerprint density at radius 1 is 1.21 bits per heavy atom. The van der Waals surface area contributed by atoms with E-state index in [0.717, 1.165) is 10.5 Å². The zero-order valence-electron chi connectivity index (χ0n) is 11.9. The molecule has 0 amide bonds. The minimum atomic E-state index is -1.94. The molecule has 1 saturated heterocycles. The molecule has 0 aromatic heterocycles. The Morgan fingerprint density at radius 2 is 1.86 bits per heavy atom. The number of nitrogens with zero attached hydrogens (tertiary/aromatic N) is 1. The standard InChI is InChI=1S/C12H15NO/c14-12-6-8-13(9-7-12)10-11-4-2-1-3-5-11/h1-5H,6-10H2/i8D2,9D2. The van der Waals surface area contributed by atoms with E-state index in [0.29, 0.717) is 0 Å². The van der Waals surface area contributed by atoms with Crippen LogP contribution in [0.25, 0.3) is 0 Å². The van der Waals surface area contributed by atoms with Crippen LogP contribution in [0.2, 0.25) is 0 Å². The van der Waals surface area contributed by atoms with Crippen molar-refractivity contribution in [1.29, 1.82) is 0 Å². The van der Waals surface area contributed by atoms with Crippen molar-refractivity contribution in [3.8, 4) is 0 Å². The van der Waals surface area contributed by atoms with Gasteiger partial charge in [0.15, 0.2) is 0 Å². The van der Waals surface area contributed by atoms with Crippen LogP contribution in [0.3, 0.4) is 0 Å². The van der Waals surface area contributed by atoms with E-state index in [1.807, 2.05) is 30.3 Å². The van der Waals surface area contributed by atoms with Crippen molar-refractivity contribution >= 4 is 5.78 Å². The van der Waals surface area contributed by atoms with Gasteiger partial charge < -0.3 is 0 Å². The molecule has 0 aliphatic carbocycles. The van der Waals surface area contributed by atoms with Crippen LogP contribution in [0.1, 0.15) is 23.9 Å². The highest BCUT2D eigenvalue weighted by molar-refractivity contribution is 5.79. The number of Topliss-reactive ketones (excluding diaryl/α,β-unsaturated/α-hetero) is 1. The molecule has 1 fully saturated rings. The number of carbonyl (C=O) groups excluding carboxylic acids is 1. The number of benzene rings is 1. The van der Waals surface area contributed by atoms with Crippen LogP contribution in [0.5, 0.6) is 0 Å². The lowest BCUT2D eigenvalue weighted by molar-refractivity contribution is -0.121. The Kier molecular flexibility index (Phi) is 1.77. The first-order valence-corrected chi connectivity index (χ1v) is 4.65. The lowest BCUT2D eigenvalue weighted by atomic mass is 10.1. The van der Waals surface area contributed by atoms with Crippen molar-refractivity contribution in [2.45, 2.75) is 19.4 Å². The quantitative estimate of drug-likeness (QED) is 0.714. The second-order valence-corrected chi connectivity index (χ2v) is 3.28. The molecule has 1 aliphatic rings. The van der Waals surface area contributed by atoms with Gasteiger partial charge in [-0.25, -0.2) is 0 Å². The largest absolute Gasteiger partial charge is 0.300 e. The molecule has 1 aromatic rings. The van der Waals surface area contributed by atoms with Crippen molar-refractivity contribution in [3.63, 3.8) is 0 Å². The predicted octanol–water partition coefficient (Wildman–Crippen LogP) is 1.85. The van der Waals surface area contributed by atoms with Crippen molar-refractivity contribution in [2.75, 3.05) is 13.0 Å². The summed E-state index contributed by atoms with van der Waals surface area (Å²) in [5.41, 5.74) is 0.833. The summed E-state index contributed by atoms with van der Waals surface area (Å²) in [6.07, 6.45) is -0.501. The number of ketones is 1. The summed E-state index contributed by atoms with van der Waals surface area (Å²) in [6.45, 7) is -3.71. The van der Waals surface area contributed by atoms with Crippen molar-refractivity contribution in [1.82, 2.24) is 4.90 Å². The lowest BCUT2D eigenvalue weighted by Crippen LogP contribution is -2.33. The van der Waals surface area contributed by atoms with Gasteiger partial charge in [-0.15, -0.1) is 0 Å². The Balaban J connectivity index is 2.26. The van der Waals surface area contributed by atoms with E-state index in [1.165, 1.54) is 0 Å². The van der Waals surface area contributed by atoms with Crippen LogP contribution < -0.4 is 0 Å². The fraction of sp³-hybridized carbons (Fsp3) is 0.417. The Hall–Kier alpha value is -1.15. The van der Waals surface area contributed by atoms with E-state index in [4.69, 9.17) is 5.48 Å². The van der Waals surface area contributed by atoms with Crippen LogP contribution in [0.15, 0.2) is 30.3 Å². The second kappa shape index (κ2) is 4.38. The monoisotopic (exact) mass is 193 g/mol. The van der Waals surface area contributed by atoms with Crippen LogP contribution in [-0.2, 0) is 11.3 Å². The van der Waals surface area contributed by atoms with Crippen LogP contribution >= 0.6 is 0 Å². The van der Waals surface area contributed by atoms with Gasteiger partial charge in [0.25, 0.3) is 0 Å². The van der Waals surface area contributed by atoms with E-state index in [1.54, 1.807) is 0 Å². The summed E-state index contributed by atoms with van der Waals surface area (Å²) < 4.78 is 31.4. The van der Waals surface area contributed by atoms with Gasteiger partial charge in [0.2, 0.25) is 0 Å². The molecule has 0 unspecified atom stereocenters. The number of hydrogen-bond donors (Lipinski definition) is 0. The first-order chi connectivity index (χ1) is 8.31. The van der Waals surface area contributed by atoms with Crippen LogP contribution in [-0.4, -0.2) is 23.7 Å². The summed E-state index contributed by atoms with van der Waals surface area (Å²) >= 11 is 0. The molecule has 0 saturated carbocycles. The SMILES string of the molecule is [2H]C1([2H])CC(=O)CC([2H])([2H])N1Cc1ccccc1. The summed E-state index contributed by atoms with van der Waals surface area (Å²) in [4.78, 5) is 12.5. The van der Waals surface area contributed by atoms with Crippen LogP contribution in [0, 0.1) is 0 Å². The summed E-state index contributed by atoms with van der Waals surface area (Å²) in [5.74, 6) is -0.366. The van der Waals surface area contributed by atoms with Gasteiger partial charge >= 0.3 is 0 Å². The van der Waals surface area contributed by atoms with E-state index < -0.39 is 13.0 Å². The Labute approximate surface area is 90.2 Å². The first-order valence-electron chi connectivity index (χ1n) is 6.65. The van der Waals surface area contributed by atoms with Crippen molar-refractivity contribution in [2.24, 2.45) is 0 Å². The minimum absolute atomic E-state index is 0.161. The summed E-state index contributed by atoms with van der Waals surface area (Å²) in [6, 6.07) is 9.16. The highest BCUT2D eigenvalue weighted by Crippen LogP contribution is 2.10. The van der Waals surface area contributed by atoms with E-state index in [-0.39, 0.29) is 25.2 Å². The molecular weight excluding hydrogens is 174 g/mol.